The van der Waals surface area contributed by atoms with Gasteiger partial charge in [0, 0.05) is 31.9 Å². The van der Waals surface area contributed by atoms with Crippen molar-refractivity contribution in [1.82, 2.24) is 0 Å². The van der Waals surface area contributed by atoms with Crippen LogP contribution in [0.1, 0.15) is 5.56 Å². The summed E-state index contributed by atoms with van der Waals surface area (Å²) in [5.41, 5.74) is 3.52. The zero-order valence-corrected chi connectivity index (χ0v) is 12.1. The Labute approximate surface area is 122 Å². The lowest BCUT2D eigenvalue weighted by atomic mass is 10.2. The van der Waals surface area contributed by atoms with Gasteiger partial charge in [-0.3, -0.25) is 10.1 Å². The lowest BCUT2D eigenvalue weighted by Crippen LogP contribution is -2.08. The standard InChI is InChI=1S/C15H16N4O2/c1-11-10-14(18(2)3)8-9-15(11)17-16-12-4-6-13(7-5-12)19(20)21/h4-10H,1-3H3. The molecule has 21 heavy (non-hydrogen) atoms. The number of azo groups is 1. The van der Waals surface area contributed by atoms with E-state index >= 15 is 0 Å². The van der Waals surface area contributed by atoms with E-state index in [-0.39, 0.29) is 5.69 Å². The van der Waals surface area contributed by atoms with Gasteiger partial charge in [-0.05, 0) is 42.8 Å². The molecule has 0 aromatic heterocycles. The Morgan fingerprint density at radius 2 is 1.71 bits per heavy atom. The van der Waals surface area contributed by atoms with Gasteiger partial charge in [0.05, 0.1) is 16.3 Å². The van der Waals surface area contributed by atoms with E-state index < -0.39 is 4.92 Å². The minimum atomic E-state index is -0.439. The predicted molar refractivity (Wildman–Crippen MR) is 82.8 cm³/mol. The highest BCUT2D eigenvalue weighted by Crippen LogP contribution is 2.26. The first kappa shape index (κ1) is 14.6. The van der Waals surface area contributed by atoms with E-state index in [1.54, 1.807) is 12.1 Å². The summed E-state index contributed by atoms with van der Waals surface area (Å²) < 4.78 is 0. The summed E-state index contributed by atoms with van der Waals surface area (Å²) in [6.07, 6.45) is 0. The zero-order valence-electron chi connectivity index (χ0n) is 12.1. The number of anilines is 1. The molecule has 6 nitrogen and oxygen atoms in total. The van der Waals surface area contributed by atoms with Gasteiger partial charge in [-0.25, -0.2) is 0 Å². The summed E-state index contributed by atoms with van der Waals surface area (Å²) in [5, 5.41) is 18.9. The van der Waals surface area contributed by atoms with Crippen LogP contribution in [-0.4, -0.2) is 19.0 Å². The third-order valence-electron chi connectivity index (χ3n) is 3.03. The Morgan fingerprint density at radius 3 is 2.24 bits per heavy atom. The maximum absolute atomic E-state index is 10.6. The molecular formula is C15H16N4O2. The van der Waals surface area contributed by atoms with E-state index in [2.05, 4.69) is 10.2 Å². The minimum absolute atomic E-state index is 0.0421. The Morgan fingerprint density at radius 1 is 1.05 bits per heavy atom. The third-order valence-corrected chi connectivity index (χ3v) is 3.03. The van der Waals surface area contributed by atoms with Gasteiger partial charge >= 0.3 is 0 Å². The number of hydrogen-bond acceptors (Lipinski definition) is 5. The number of rotatable bonds is 4. The van der Waals surface area contributed by atoms with Gasteiger partial charge < -0.3 is 4.90 Å². The van der Waals surface area contributed by atoms with Crippen LogP contribution in [0.5, 0.6) is 0 Å². The molecule has 0 heterocycles. The van der Waals surface area contributed by atoms with Crippen LogP contribution in [0.15, 0.2) is 52.7 Å². The number of aryl methyl sites for hydroxylation is 1. The highest BCUT2D eigenvalue weighted by atomic mass is 16.6. The van der Waals surface area contributed by atoms with Crippen molar-refractivity contribution in [2.24, 2.45) is 10.2 Å². The molecule has 0 N–H and O–H groups in total. The summed E-state index contributed by atoms with van der Waals surface area (Å²) >= 11 is 0. The van der Waals surface area contributed by atoms with Crippen molar-refractivity contribution in [3.05, 3.63) is 58.1 Å². The van der Waals surface area contributed by atoms with Crippen molar-refractivity contribution in [3.63, 3.8) is 0 Å². The van der Waals surface area contributed by atoms with Gasteiger partial charge in [-0.2, -0.15) is 10.2 Å². The highest BCUT2D eigenvalue weighted by molar-refractivity contribution is 5.57. The Balaban J connectivity index is 2.19. The first-order valence-corrected chi connectivity index (χ1v) is 6.41. The molecule has 0 saturated carbocycles. The van der Waals surface area contributed by atoms with Crippen molar-refractivity contribution in [1.29, 1.82) is 0 Å². The molecule has 2 rings (SSSR count). The number of nitro groups is 1. The average molecular weight is 284 g/mol. The Hall–Kier alpha value is -2.76. The van der Waals surface area contributed by atoms with Gasteiger partial charge in [0.15, 0.2) is 0 Å². The minimum Gasteiger partial charge on any atom is -0.378 e. The SMILES string of the molecule is Cc1cc(N(C)C)ccc1N=Nc1ccc([N+](=O)[O-])cc1. The van der Waals surface area contributed by atoms with Crippen LogP contribution in [0.2, 0.25) is 0 Å². The van der Waals surface area contributed by atoms with Crippen LogP contribution in [0.25, 0.3) is 0 Å². The van der Waals surface area contributed by atoms with Crippen molar-refractivity contribution in [2.45, 2.75) is 6.92 Å². The molecule has 0 spiro atoms. The van der Waals surface area contributed by atoms with Crippen LogP contribution in [0, 0.1) is 17.0 Å². The van der Waals surface area contributed by atoms with Crippen LogP contribution < -0.4 is 4.90 Å². The van der Waals surface area contributed by atoms with Crippen LogP contribution >= 0.6 is 0 Å². The molecule has 0 bridgehead atoms. The molecule has 6 heteroatoms. The monoisotopic (exact) mass is 284 g/mol. The van der Waals surface area contributed by atoms with Gasteiger partial charge in [0.25, 0.3) is 5.69 Å². The van der Waals surface area contributed by atoms with E-state index in [1.165, 1.54) is 12.1 Å². The molecule has 2 aromatic carbocycles. The van der Waals surface area contributed by atoms with Crippen molar-refractivity contribution < 1.29 is 4.92 Å². The van der Waals surface area contributed by atoms with Gasteiger partial charge in [-0.15, -0.1) is 0 Å². The molecule has 0 aliphatic heterocycles. The lowest BCUT2D eigenvalue weighted by Gasteiger charge is -2.13. The number of hydrogen-bond donors (Lipinski definition) is 0. The topological polar surface area (TPSA) is 71.1 Å². The van der Waals surface area contributed by atoms with Gasteiger partial charge in [0.2, 0.25) is 0 Å². The fraction of sp³-hybridized carbons (Fsp3) is 0.200. The quantitative estimate of drug-likeness (QED) is 0.475. The second-order valence-electron chi connectivity index (χ2n) is 4.84. The zero-order chi connectivity index (χ0) is 15.4. The second-order valence-corrected chi connectivity index (χ2v) is 4.84. The molecule has 0 aliphatic rings. The maximum atomic E-state index is 10.6. The summed E-state index contributed by atoms with van der Waals surface area (Å²) in [7, 11) is 3.96. The molecular weight excluding hydrogens is 268 g/mol. The van der Waals surface area contributed by atoms with Crippen molar-refractivity contribution in [3.8, 4) is 0 Å². The Bertz CT molecular complexity index is 679. The van der Waals surface area contributed by atoms with Gasteiger partial charge in [-0.1, -0.05) is 0 Å². The van der Waals surface area contributed by atoms with E-state index in [0.717, 1.165) is 16.9 Å². The normalized spacial score (nSPS) is 10.8. The lowest BCUT2D eigenvalue weighted by molar-refractivity contribution is -0.384. The number of nitro benzene ring substituents is 1. The number of benzene rings is 2. The molecule has 0 aliphatic carbocycles. The summed E-state index contributed by atoms with van der Waals surface area (Å²) in [6, 6.07) is 11.9. The fourth-order valence-corrected chi connectivity index (χ4v) is 1.78. The van der Waals surface area contributed by atoms with E-state index in [9.17, 15) is 10.1 Å². The third kappa shape index (κ3) is 3.62. The average Bonchev–Trinajstić information content (AvgIpc) is 2.46. The van der Waals surface area contributed by atoms with Gasteiger partial charge in [0.1, 0.15) is 0 Å². The van der Waals surface area contributed by atoms with Crippen LogP contribution in [0.3, 0.4) is 0 Å². The first-order chi connectivity index (χ1) is 9.97. The van der Waals surface area contributed by atoms with E-state index in [1.807, 2.05) is 44.1 Å². The summed E-state index contributed by atoms with van der Waals surface area (Å²) in [6.45, 7) is 1.97. The van der Waals surface area contributed by atoms with Crippen molar-refractivity contribution in [2.75, 3.05) is 19.0 Å². The first-order valence-electron chi connectivity index (χ1n) is 6.41. The number of non-ortho nitro benzene ring substituents is 1. The fourth-order valence-electron chi connectivity index (χ4n) is 1.78. The molecule has 108 valence electrons. The van der Waals surface area contributed by atoms with Crippen LogP contribution in [0.4, 0.5) is 22.7 Å². The highest BCUT2D eigenvalue weighted by Gasteiger charge is 2.04. The molecule has 0 saturated heterocycles. The predicted octanol–water partition coefficient (Wildman–Crippen LogP) is 4.38. The smallest absolute Gasteiger partial charge is 0.269 e. The molecule has 0 amide bonds. The second kappa shape index (κ2) is 6.13. The molecule has 0 fully saturated rings. The largest absolute Gasteiger partial charge is 0.378 e. The molecule has 0 atom stereocenters. The Kier molecular flexibility index (Phi) is 4.27. The van der Waals surface area contributed by atoms with Crippen molar-refractivity contribution >= 4 is 22.7 Å². The molecule has 0 unspecified atom stereocenters. The number of nitrogens with zero attached hydrogens (tertiary/aromatic N) is 4. The molecule has 2 aromatic rings. The summed E-state index contributed by atoms with van der Waals surface area (Å²) in [4.78, 5) is 12.1. The van der Waals surface area contributed by atoms with E-state index in [0.29, 0.717) is 5.69 Å². The van der Waals surface area contributed by atoms with Crippen LogP contribution in [-0.2, 0) is 0 Å². The van der Waals surface area contributed by atoms with E-state index in [4.69, 9.17) is 0 Å². The summed E-state index contributed by atoms with van der Waals surface area (Å²) in [5.74, 6) is 0. The maximum Gasteiger partial charge on any atom is 0.269 e. The molecule has 0 radical (unpaired) electrons.